The lowest BCUT2D eigenvalue weighted by atomic mass is 10.00. The molecule has 1 nitrogen and oxygen atoms in total. The average Bonchev–Trinajstić information content (AvgIpc) is 2.84. The van der Waals surface area contributed by atoms with Crippen LogP contribution in [0.3, 0.4) is 0 Å². The first-order valence-corrected chi connectivity index (χ1v) is 11.1. The highest BCUT2D eigenvalue weighted by molar-refractivity contribution is 5.66. The molecular weight excluding hydrogens is 504 g/mol. The lowest BCUT2D eigenvalue weighted by Crippen LogP contribution is -2.24. The zero-order valence-corrected chi connectivity index (χ0v) is 19.2. The third kappa shape index (κ3) is 5.30. The van der Waals surface area contributed by atoms with E-state index in [1.807, 2.05) is 6.92 Å². The van der Waals surface area contributed by atoms with Gasteiger partial charge in [-0.15, -0.1) is 0 Å². The van der Waals surface area contributed by atoms with Gasteiger partial charge in [-0.05, 0) is 53.4 Å². The van der Waals surface area contributed by atoms with Crippen molar-refractivity contribution in [3.8, 4) is 28.0 Å². The van der Waals surface area contributed by atoms with Gasteiger partial charge in [0.1, 0.15) is 17.1 Å². The zero-order valence-electron chi connectivity index (χ0n) is 19.2. The molecule has 0 aliphatic rings. The van der Waals surface area contributed by atoms with Gasteiger partial charge in [0.2, 0.25) is 0 Å². The molecule has 192 valence electrons. The van der Waals surface area contributed by atoms with Crippen molar-refractivity contribution in [2.45, 2.75) is 25.9 Å². The van der Waals surface area contributed by atoms with E-state index in [9.17, 15) is 35.1 Å². The molecule has 9 heteroatoms. The fourth-order valence-corrected chi connectivity index (χ4v) is 3.84. The van der Waals surface area contributed by atoms with Crippen LogP contribution >= 0.6 is 0 Å². The molecule has 4 aromatic carbocycles. The van der Waals surface area contributed by atoms with Crippen molar-refractivity contribution >= 4 is 0 Å². The summed E-state index contributed by atoms with van der Waals surface area (Å²) in [7, 11) is 0. The van der Waals surface area contributed by atoms with Crippen LogP contribution in [0.4, 0.5) is 35.1 Å². The summed E-state index contributed by atoms with van der Waals surface area (Å²) in [5.74, 6) is -10.2. The second-order valence-electron chi connectivity index (χ2n) is 8.25. The number of hydrogen-bond donors (Lipinski definition) is 0. The molecule has 4 aromatic rings. The lowest BCUT2D eigenvalue weighted by molar-refractivity contribution is -0.187. The maximum absolute atomic E-state index is 14.8. The van der Waals surface area contributed by atoms with Crippen LogP contribution in [-0.4, -0.2) is 0 Å². The van der Waals surface area contributed by atoms with Gasteiger partial charge in [0, 0.05) is 17.2 Å². The van der Waals surface area contributed by atoms with Crippen LogP contribution in [0.15, 0.2) is 66.7 Å². The SMILES string of the molecule is CCCc1ccc(-c2ccc(C(F)(F)Oc3ccc(-c4cc(F)c(F)c(F)c4)c(F)c3)c(F)c2F)cc1. The van der Waals surface area contributed by atoms with Crippen molar-refractivity contribution in [2.75, 3.05) is 0 Å². The van der Waals surface area contributed by atoms with Crippen LogP contribution in [0.5, 0.6) is 5.75 Å². The fourth-order valence-electron chi connectivity index (χ4n) is 3.84. The normalized spacial score (nSPS) is 11.6. The Hall–Kier alpha value is -3.88. The molecule has 0 saturated heterocycles. The summed E-state index contributed by atoms with van der Waals surface area (Å²) in [6.45, 7) is 1.99. The van der Waals surface area contributed by atoms with Gasteiger partial charge in [-0.3, -0.25) is 0 Å². The second-order valence-corrected chi connectivity index (χ2v) is 8.25. The Balaban J connectivity index is 1.60. The predicted molar refractivity (Wildman–Crippen MR) is 122 cm³/mol. The molecule has 0 unspecified atom stereocenters. The van der Waals surface area contributed by atoms with E-state index in [4.69, 9.17) is 0 Å². The van der Waals surface area contributed by atoms with Crippen LogP contribution in [0, 0.1) is 34.9 Å². The summed E-state index contributed by atoms with van der Waals surface area (Å²) in [4.78, 5) is 0. The third-order valence-electron chi connectivity index (χ3n) is 5.68. The number of hydrogen-bond acceptors (Lipinski definition) is 1. The molecule has 0 saturated carbocycles. The predicted octanol–water partition coefficient (Wildman–Crippen LogP) is 8.94. The van der Waals surface area contributed by atoms with Crippen molar-refractivity contribution in [1.82, 2.24) is 0 Å². The Morgan fingerprint density at radius 1 is 0.622 bits per heavy atom. The summed E-state index contributed by atoms with van der Waals surface area (Å²) in [5, 5.41) is 0. The van der Waals surface area contributed by atoms with Gasteiger partial charge in [-0.25, -0.2) is 26.3 Å². The first-order valence-electron chi connectivity index (χ1n) is 11.1. The van der Waals surface area contributed by atoms with Gasteiger partial charge in [-0.2, -0.15) is 8.78 Å². The molecule has 0 amide bonds. The third-order valence-corrected chi connectivity index (χ3v) is 5.68. The van der Waals surface area contributed by atoms with E-state index in [-0.39, 0.29) is 5.56 Å². The highest BCUT2D eigenvalue weighted by Gasteiger charge is 2.39. The topological polar surface area (TPSA) is 9.23 Å². The molecule has 0 radical (unpaired) electrons. The van der Waals surface area contributed by atoms with Crippen LogP contribution in [-0.2, 0) is 12.5 Å². The molecule has 0 spiro atoms. The van der Waals surface area contributed by atoms with E-state index in [0.29, 0.717) is 29.8 Å². The first kappa shape index (κ1) is 26.2. The van der Waals surface area contributed by atoms with Crippen molar-refractivity contribution < 1.29 is 39.9 Å². The second kappa shape index (κ2) is 10.2. The summed E-state index contributed by atoms with van der Waals surface area (Å²) < 4.78 is 118. The van der Waals surface area contributed by atoms with E-state index >= 15 is 0 Å². The fraction of sp³-hybridized carbons (Fsp3) is 0.143. The molecule has 0 heterocycles. The van der Waals surface area contributed by atoms with Crippen molar-refractivity contribution in [3.63, 3.8) is 0 Å². The van der Waals surface area contributed by atoms with E-state index in [2.05, 4.69) is 4.74 Å². The summed E-state index contributed by atoms with van der Waals surface area (Å²) in [5.41, 5.74) is -1.19. The minimum atomic E-state index is -4.41. The number of rotatable bonds is 7. The van der Waals surface area contributed by atoms with Gasteiger partial charge in [0.05, 0.1) is 0 Å². The minimum Gasteiger partial charge on any atom is -0.429 e. The Bertz CT molecular complexity index is 1420. The average molecular weight is 522 g/mol. The standard InChI is InChI=1S/C28H18F8O/c1-2-3-15-4-6-16(7-5-15)20-10-11-21(26(33)25(20)32)28(35,36)37-18-8-9-19(22(29)14-18)17-12-23(30)27(34)24(31)13-17/h4-14H,2-3H2,1H3. The van der Waals surface area contributed by atoms with E-state index in [1.165, 1.54) is 0 Å². The number of halogens is 8. The van der Waals surface area contributed by atoms with Gasteiger partial charge < -0.3 is 4.74 Å². The Morgan fingerprint density at radius 3 is 1.84 bits per heavy atom. The van der Waals surface area contributed by atoms with Crippen LogP contribution in [0.1, 0.15) is 24.5 Å². The van der Waals surface area contributed by atoms with Crippen LogP contribution in [0.25, 0.3) is 22.3 Å². The lowest BCUT2D eigenvalue weighted by Gasteiger charge is -2.20. The van der Waals surface area contributed by atoms with Crippen molar-refractivity contribution in [3.05, 3.63) is 113 Å². The molecular formula is C28H18F8O. The highest BCUT2D eigenvalue weighted by atomic mass is 19.3. The molecule has 0 atom stereocenters. The maximum atomic E-state index is 14.8. The maximum Gasteiger partial charge on any atom is 0.429 e. The molecule has 0 bridgehead atoms. The largest absolute Gasteiger partial charge is 0.429 e. The van der Waals surface area contributed by atoms with E-state index in [1.54, 1.807) is 24.3 Å². The highest BCUT2D eigenvalue weighted by Crippen LogP contribution is 2.38. The monoisotopic (exact) mass is 522 g/mol. The van der Waals surface area contributed by atoms with E-state index in [0.717, 1.165) is 36.6 Å². The summed E-state index contributed by atoms with van der Waals surface area (Å²) >= 11 is 0. The van der Waals surface area contributed by atoms with Gasteiger partial charge in [0.15, 0.2) is 29.1 Å². The summed E-state index contributed by atoms with van der Waals surface area (Å²) in [6.07, 6.45) is -2.72. The van der Waals surface area contributed by atoms with Crippen LogP contribution in [0.2, 0.25) is 0 Å². The Kier molecular flexibility index (Phi) is 7.25. The summed E-state index contributed by atoms with van der Waals surface area (Å²) in [6, 6.07) is 11.5. The molecule has 0 aliphatic carbocycles. The molecule has 0 aliphatic heterocycles. The number of benzene rings is 4. The molecule has 37 heavy (non-hydrogen) atoms. The number of ether oxygens (including phenoxy) is 1. The van der Waals surface area contributed by atoms with Gasteiger partial charge in [0.25, 0.3) is 0 Å². The molecule has 0 N–H and O–H groups in total. The Labute approximate surface area is 207 Å². The smallest absolute Gasteiger partial charge is 0.429 e. The van der Waals surface area contributed by atoms with Crippen LogP contribution < -0.4 is 4.74 Å². The number of alkyl halides is 2. The molecule has 4 rings (SSSR count). The van der Waals surface area contributed by atoms with Gasteiger partial charge in [-0.1, -0.05) is 43.7 Å². The minimum absolute atomic E-state index is 0.228. The van der Waals surface area contributed by atoms with Gasteiger partial charge >= 0.3 is 6.11 Å². The van der Waals surface area contributed by atoms with E-state index < -0.39 is 63.5 Å². The molecule has 0 aromatic heterocycles. The van der Waals surface area contributed by atoms with Crippen molar-refractivity contribution in [2.24, 2.45) is 0 Å². The Morgan fingerprint density at radius 2 is 1.24 bits per heavy atom. The quantitative estimate of drug-likeness (QED) is 0.174. The number of aryl methyl sites for hydroxylation is 1. The van der Waals surface area contributed by atoms with Crippen molar-refractivity contribution in [1.29, 1.82) is 0 Å². The zero-order chi connectivity index (χ0) is 26.9. The first-order chi connectivity index (χ1) is 17.5. The molecule has 0 fully saturated rings.